The Morgan fingerprint density at radius 1 is 0.983 bits per heavy atom. The van der Waals surface area contributed by atoms with Crippen LogP contribution in [0, 0.1) is 38.0 Å². The quantitative estimate of drug-likeness (QED) is 0.0428. The van der Waals surface area contributed by atoms with E-state index in [2.05, 4.69) is 12.7 Å². The third-order valence-corrected chi connectivity index (χ3v) is 11.5. The van der Waals surface area contributed by atoms with Crippen LogP contribution in [-0.4, -0.2) is 80.1 Å². The third kappa shape index (κ3) is 9.46. The first-order chi connectivity index (χ1) is 29.0. The summed E-state index contributed by atoms with van der Waals surface area (Å²) in [7, 11) is 0. The molecular weight excluding hydrogens is 776 g/mol. The van der Waals surface area contributed by atoms with Gasteiger partial charge in [-0.15, -0.1) is 6.58 Å². The fraction of sp³-hybridized carbons (Fsp3) is 0.455. The van der Waals surface area contributed by atoms with Gasteiger partial charge in [-0.1, -0.05) is 37.1 Å². The summed E-state index contributed by atoms with van der Waals surface area (Å²) in [5.41, 5.74) is 2.48. The van der Waals surface area contributed by atoms with E-state index >= 15 is 0 Å². The molecule has 0 aromatic heterocycles. The Morgan fingerprint density at radius 2 is 1.65 bits per heavy atom. The maximum atomic E-state index is 14.5. The second-order valence-electron chi connectivity index (χ2n) is 15.3. The molecule has 6 atom stereocenters. The number of nitro groups is 2. The monoisotopic (exact) mass is 828 g/mol. The predicted molar refractivity (Wildman–Crippen MR) is 221 cm³/mol. The van der Waals surface area contributed by atoms with Gasteiger partial charge in [0.15, 0.2) is 0 Å². The highest BCUT2D eigenvalue weighted by atomic mass is 16.7. The van der Waals surface area contributed by atoms with Crippen molar-refractivity contribution in [2.24, 2.45) is 22.9 Å². The van der Waals surface area contributed by atoms with Crippen LogP contribution < -0.4 is 9.47 Å². The number of phenols is 1. The summed E-state index contributed by atoms with van der Waals surface area (Å²) in [4.78, 5) is 43.7. The van der Waals surface area contributed by atoms with Gasteiger partial charge in [0.05, 0.1) is 28.1 Å². The van der Waals surface area contributed by atoms with Crippen molar-refractivity contribution < 1.29 is 49.0 Å². The highest BCUT2D eigenvalue weighted by molar-refractivity contribution is 6.03. The first kappa shape index (κ1) is 43.7. The molecule has 1 aliphatic heterocycles. The molecule has 0 bridgehead atoms. The number of aromatic hydroxyl groups is 1. The van der Waals surface area contributed by atoms with Crippen molar-refractivity contribution in [2.45, 2.75) is 82.6 Å². The highest BCUT2D eigenvalue weighted by Gasteiger charge is 2.65. The number of aliphatic hydroxyl groups is 2. The molecule has 1 fully saturated rings. The van der Waals surface area contributed by atoms with Gasteiger partial charge in [-0.25, -0.2) is 4.79 Å². The summed E-state index contributed by atoms with van der Waals surface area (Å²) in [5.74, 6) is -2.04. The van der Waals surface area contributed by atoms with Crippen LogP contribution in [0.2, 0.25) is 0 Å². The number of fused-ring (bicyclic) bond motifs is 2. The molecular formula is C44H52N4O12. The van der Waals surface area contributed by atoms with E-state index in [9.17, 15) is 40.3 Å². The van der Waals surface area contributed by atoms with E-state index in [0.29, 0.717) is 49.1 Å². The Hall–Kier alpha value is -5.84. The van der Waals surface area contributed by atoms with Crippen LogP contribution in [0.15, 0.2) is 96.2 Å². The van der Waals surface area contributed by atoms with E-state index in [0.717, 1.165) is 24.0 Å². The van der Waals surface area contributed by atoms with Gasteiger partial charge in [0, 0.05) is 61.9 Å². The van der Waals surface area contributed by atoms with E-state index in [1.807, 2.05) is 6.92 Å². The van der Waals surface area contributed by atoms with Crippen molar-refractivity contribution in [3.05, 3.63) is 122 Å². The van der Waals surface area contributed by atoms with Crippen LogP contribution >= 0.6 is 0 Å². The van der Waals surface area contributed by atoms with Crippen molar-refractivity contribution in [1.29, 1.82) is 0 Å². The number of carbonyl (C=O) groups is 1. The molecule has 0 spiro atoms. The van der Waals surface area contributed by atoms with Crippen molar-refractivity contribution in [3.63, 3.8) is 0 Å². The minimum Gasteiger partial charge on any atom is -0.508 e. The zero-order valence-electron chi connectivity index (χ0n) is 33.6. The molecule has 1 heterocycles. The van der Waals surface area contributed by atoms with Crippen molar-refractivity contribution >= 4 is 23.2 Å². The predicted octanol–water partition coefficient (Wildman–Crippen LogP) is 7.95. The minimum absolute atomic E-state index is 0.0105. The van der Waals surface area contributed by atoms with Crippen molar-refractivity contribution in [3.8, 4) is 17.2 Å². The molecule has 3 N–H and O–H groups in total. The zero-order chi connectivity index (χ0) is 42.8. The molecule has 16 nitrogen and oxygen atoms in total. The second-order valence-corrected chi connectivity index (χ2v) is 15.3. The average molecular weight is 829 g/mol. The van der Waals surface area contributed by atoms with Gasteiger partial charge in [0.25, 0.3) is 11.4 Å². The number of phenolic OH excluding ortho intramolecular Hbond substituents is 1. The molecule has 3 aromatic rings. The van der Waals surface area contributed by atoms with E-state index in [-0.39, 0.29) is 80.0 Å². The lowest BCUT2D eigenvalue weighted by Crippen LogP contribution is -2.70. The molecule has 0 saturated heterocycles. The van der Waals surface area contributed by atoms with Crippen molar-refractivity contribution in [1.82, 2.24) is 4.90 Å². The third-order valence-electron chi connectivity index (χ3n) is 11.5. The number of hydrogen-bond donors (Lipinski definition) is 3. The number of carbonyl (C=O) groups excluding carboxylic acids is 1. The number of amides is 1. The molecule has 320 valence electrons. The highest BCUT2D eigenvalue weighted by Crippen LogP contribution is 2.62. The molecule has 6 rings (SSSR count). The maximum Gasteiger partial charge on any atom is 0.415 e. The molecule has 0 radical (unpaired) electrons. The van der Waals surface area contributed by atoms with Crippen LogP contribution in [-0.2, 0) is 16.2 Å². The number of aliphatic hydroxyl groups excluding tert-OH is 2. The molecule has 1 saturated carbocycles. The summed E-state index contributed by atoms with van der Waals surface area (Å²) in [6.45, 7) is 6.14. The number of oxime groups is 1. The summed E-state index contributed by atoms with van der Waals surface area (Å²) in [5, 5.41) is 58.0. The van der Waals surface area contributed by atoms with Crippen LogP contribution in [0.4, 0.5) is 16.2 Å². The molecule has 2 aliphatic carbocycles. The molecule has 3 aliphatic rings. The van der Waals surface area contributed by atoms with Crippen LogP contribution in [0.3, 0.4) is 0 Å². The van der Waals surface area contributed by atoms with Gasteiger partial charge in [0.1, 0.15) is 29.9 Å². The second kappa shape index (κ2) is 19.9. The van der Waals surface area contributed by atoms with Gasteiger partial charge >= 0.3 is 6.09 Å². The zero-order valence-corrected chi connectivity index (χ0v) is 33.6. The van der Waals surface area contributed by atoms with Gasteiger partial charge in [-0.3, -0.25) is 25.1 Å². The summed E-state index contributed by atoms with van der Waals surface area (Å²) < 4.78 is 19.9. The van der Waals surface area contributed by atoms with E-state index in [4.69, 9.17) is 24.2 Å². The normalized spacial score (nSPS) is 23.4. The summed E-state index contributed by atoms with van der Waals surface area (Å²) in [6, 6.07) is 15.2. The van der Waals surface area contributed by atoms with Crippen LogP contribution in [0.1, 0.15) is 75.3 Å². The van der Waals surface area contributed by atoms with E-state index in [1.165, 1.54) is 36.4 Å². The van der Waals surface area contributed by atoms with E-state index in [1.54, 1.807) is 41.3 Å². The number of unbranched alkanes of at least 4 members (excludes halogenated alkanes) is 2. The van der Waals surface area contributed by atoms with Crippen molar-refractivity contribution in [2.75, 3.05) is 26.4 Å². The standard InChI is InChI=1S/C44H52N4O12/c1-3-21-46(43(52)59-34-18-15-32(16-19-34)48(55)56)40-27-38(45-58-28-29-11-13-31(14-12-29)47(53)54)36-25-30(9-5-7-22-49)35(10-6-8-23-50)41-37-26-33(51)17-20-39(37)60-44(40,42(36)41)57-24-4-2/h4,11-20,25-26,30,35,40-42,49-51H,2-3,5-10,21-24,27-28H2,1H3/t30-,35+,40-,41+,42+,44+/m0/s1. The maximum absolute atomic E-state index is 14.5. The van der Waals surface area contributed by atoms with Gasteiger partial charge in [0.2, 0.25) is 5.79 Å². The Labute approximate surface area is 348 Å². The van der Waals surface area contributed by atoms with Crippen LogP contribution in [0.25, 0.3) is 0 Å². The lowest BCUT2D eigenvalue weighted by molar-refractivity contribution is -0.385. The number of allylic oxidation sites excluding steroid dienone is 1. The van der Waals surface area contributed by atoms with E-state index < -0.39 is 33.7 Å². The molecule has 0 unspecified atom stereocenters. The van der Waals surface area contributed by atoms with Gasteiger partial charge < -0.3 is 34.4 Å². The molecule has 3 aromatic carbocycles. The number of nitrogens with zero attached hydrogens (tertiary/aromatic N) is 4. The molecule has 60 heavy (non-hydrogen) atoms. The van der Waals surface area contributed by atoms with Gasteiger partial charge in [-0.2, -0.15) is 0 Å². The Bertz CT molecular complexity index is 2060. The lowest BCUT2D eigenvalue weighted by atomic mass is 9.55. The summed E-state index contributed by atoms with van der Waals surface area (Å²) in [6.07, 6.45) is 7.71. The largest absolute Gasteiger partial charge is 0.508 e. The number of non-ortho nitro benzene ring substituents is 2. The Balaban J connectivity index is 1.53. The number of rotatable bonds is 20. The Morgan fingerprint density at radius 3 is 2.28 bits per heavy atom. The fourth-order valence-electron chi connectivity index (χ4n) is 8.97. The minimum atomic E-state index is -1.57. The first-order valence-corrected chi connectivity index (χ1v) is 20.4. The number of nitro benzene ring substituents is 2. The first-order valence-electron chi connectivity index (χ1n) is 20.4. The van der Waals surface area contributed by atoms with Gasteiger partial charge in [-0.05, 0) is 97.5 Å². The summed E-state index contributed by atoms with van der Waals surface area (Å²) >= 11 is 0. The Kier molecular flexibility index (Phi) is 14.5. The fourth-order valence-corrected chi connectivity index (χ4v) is 8.97. The van der Waals surface area contributed by atoms with Crippen LogP contribution in [0.5, 0.6) is 17.2 Å². The molecule has 1 amide bonds. The number of ether oxygens (including phenoxy) is 3. The SMILES string of the molecule is C=CCO[C@@]12Oc3ccc(O)cc3[C@H]3[C@H](CCCCO)[C@@H](CCCCO)C=C(C(=NOCc4ccc([N+](=O)[O-])cc4)C[C@@H]1N(CCC)C(=O)Oc1ccc([N+](=O)[O-])cc1)[C@H]32. The lowest BCUT2D eigenvalue weighted by Gasteiger charge is -2.59. The molecule has 16 heteroatoms. The smallest absolute Gasteiger partial charge is 0.415 e. The number of benzene rings is 3. The topological polar surface area (TPSA) is 217 Å². The average Bonchev–Trinajstić information content (AvgIpc) is 3.24. The number of hydrogen-bond acceptors (Lipinski definition) is 13.